The first-order valence-electron chi connectivity index (χ1n) is 7.80. The van der Waals surface area contributed by atoms with Crippen molar-refractivity contribution in [1.29, 1.82) is 0 Å². The van der Waals surface area contributed by atoms with Crippen molar-refractivity contribution in [1.82, 2.24) is 15.5 Å². The van der Waals surface area contributed by atoms with Gasteiger partial charge in [0.25, 0.3) is 0 Å². The highest BCUT2D eigenvalue weighted by molar-refractivity contribution is 5.82. The largest absolute Gasteiger partial charge is 0.469 e. The maximum Gasteiger partial charge on any atom is 0.308 e. The van der Waals surface area contributed by atoms with Gasteiger partial charge in [-0.3, -0.25) is 14.6 Å². The molecular formula is C15H28N4O3. The molecule has 0 atom stereocenters. The molecule has 0 unspecified atom stereocenters. The van der Waals surface area contributed by atoms with Gasteiger partial charge in [0.1, 0.15) is 0 Å². The summed E-state index contributed by atoms with van der Waals surface area (Å²) in [6.07, 6.45) is 1.94. The summed E-state index contributed by atoms with van der Waals surface area (Å²) in [4.78, 5) is 29.5. The van der Waals surface area contributed by atoms with Crippen LogP contribution < -0.4 is 10.6 Å². The predicted molar refractivity (Wildman–Crippen MR) is 85.6 cm³/mol. The number of hydrogen-bond donors (Lipinski definition) is 2. The smallest absolute Gasteiger partial charge is 0.308 e. The van der Waals surface area contributed by atoms with Crippen LogP contribution in [0.15, 0.2) is 4.99 Å². The van der Waals surface area contributed by atoms with E-state index in [2.05, 4.69) is 20.5 Å². The first kappa shape index (κ1) is 18.3. The van der Waals surface area contributed by atoms with Crippen molar-refractivity contribution in [3.8, 4) is 0 Å². The van der Waals surface area contributed by atoms with E-state index in [0.29, 0.717) is 13.0 Å². The number of carbonyl (C=O) groups is 2. The number of piperidine rings is 1. The lowest BCUT2D eigenvalue weighted by molar-refractivity contribution is -0.146. The van der Waals surface area contributed by atoms with Crippen LogP contribution >= 0.6 is 0 Å². The zero-order chi connectivity index (χ0) is 16.5. The van der Waals surface area contributed by atoms with Gasteiger partial charge >= 0.3 is 5.97 Å². The predicted octanol–water partition coefficient (Wildman–Crippen LogP) is 0.362. The topological polar surface area (TPSA) is 83.0 Å². The Bertz CT molecular complexity index is 402. The molecule has 7 heteroatoms. The number of methoxy groups -OCH3 is 1. The van der Waals surface area contributed by atoms with Gasteiger partial charge in [0.15, 0.2) is 5.96 Å². The Morgan fingerprint density at radius 2 is 1.95 bits per heavy atom. The van der Waals surface area contributed by atoms with Crippen molar-refractivity contribution in [3.05, 3.63) is 0 Å². The molecule has 0 saturated carbocycles. The molecule has 0 aliphatic carbocycles. The van der Waals surface area contributed by atoms with Crippen molar-refractivity contribution in [3.63, 3.8) is 0 Å². The molecule has 22 heavy (non-hydrogen) atoms. The number of amides is 1. The molecule has 1 aliphatic rings. The lowest BCUT2D eigenvalue weighted by atomic mass is 9.97. The molecule has 0 aromatic rings. The van der Waals surface area contributed by atoms with Gasteiger partial charge in [-0.1, -0.05) is 0 Å². The van der Waals surface area contributed by atoms with Gasteiger partial charge in [0.2, 0.25) is 5.91 Å². The lowest BCUT2D eigenvalue weighted by Crippen LogP contribution is -2.47. The number of aliphatic imine (C=N–C) groups is 1. The van der Waals surface area contributed by atoms with Gasteiger partial charge in [0.05, 0.1) is 13.0 Å². The summed E-state index contributed by atoms with van der Waals surface area (Å²) in [7, 11) is 3.15. The Morgan fingerprint density at radius 3 is 2.45 bits per heavy atom. The summed E-state index contributed by atoms with van der Waals surface area (Å²) >= 11 is 0. The molecule has 0 aromatic carbocycles. The molecule has 1 aliphatic heterocycles. The van der Waals surface area contributed by atoms with Crippen molar-refractivity contribution in [2.75, 3.05) is 33.8 Å². The third-order valence-corrected chi connectivity index (χ3v) is 3.63. The van der Waals surface area contributed by atoms with Crippen LogP contribution in [0.3, 0.4) is 0 Å². The number of ether oxygens (including phenoxy) is 1. The highest BCUT2D eigenvalue weighted by atomic mass is 16.5. The number of nitrogens with zero attached hydrogens (tertiary/aromatic N) is 2. The number of hydrogen-bond acceptors (Lipinski definition) is 4. The number of carbonyl (C=O) groups excluding carboxylic acids is 2. The molecule has 1 saturated heterocycles. The number of likely N-dealkylation sites (tertiary alicyclic amines) is 1. The molecule has 0 bridgehead atoms. The maximum atomic E-state index is 11.6. The van der Waals surface area contributed by atoms with Crippen LogP contribution in [-0.2, 0) is 14.3 Å². The third kappa shape index (κ3) is 5.91. The average molecular weight is 312 g/mol. The molecule has 126 valence electrons. The number of esters is 1. The van der Waals surface area contributed by atoms with E-state index >= 15 is 0 Å². The molecule has 1 heterocycles. The summed E-state index contributed by atoms with van der Waals surface area (Å²) in [5, 5.41) is 6.06. The Labute approximate surface area is 132 Å². The van der Waals surface area contributed by atoms with Gasteiger partial charge in [-0.25, -0.2) is 0 Å². The quantitative estimate of drug-likeness (QED) is 0.435. The van der Waals surface area contributed by atoms with Crippen LogP contribution in [0.1, 0.15) is 33.1 Å². The standard InChI is InChI=1S/C15H28N4O3/c1-11(2)18-13(20)5-8-17-15(16-3)19-9-6-12(7-10-19)14(21)22-4/h11-12H,5-10H2,1-4H3,(H,16,17)(H,18,20). The zero-order valence-corrected chi connectivity index (χ0v) is 14.0. The Kier molecular flexibility index (Phi) is 7.70. The van der Waals surface area contributed by atoms with Crippen molar-refractivity contribution in [2.24, 2.45) is 10.9 Å². The minimum atomic E-state index is -0.132. The molecule has 0 spiro atoms. The van der Waals surface area contributed by atoms with Crippen molar-refractivity contribution >= 4 is 17.8 Å². The zero-order valence-electron chi connectivity index (χ0n) is 14.0. The van der Waals surface area contributed by atoms with Crippen LogP contribution in [0.5, 0.6) is 0 Å². The summed E-state index contributed by atoms with van der Waals surface area (Å²) in [6, 6.07) is 0.157. The van der Waals surface area contributed by atoms with Crippen LogP contribution in [-0.4, -0.2) is 62.6 Å². The van der Waals surface area contributed by atoms with Crippen LogP contribution in [0.25, 0.3) is 0 Å². The SMILES string of the molecule is CN=C(NCCC(=O)NC(C)C)N1CCC(C(=O)OC)CC1. The van der Waals surface area contributed by atoms with Crippen LogP contribution in [0, 0.1) is 5.92 Å². The van der Waals surface area contributed by atoms with Gasteiger partial charge in [0, 0.05) is 39.1 Å². The van der Waals surface area contributed by atoms with Crippen molar-refractivity contribution < 1.29 is 14.3 Å². The fraction of sp³-hybridized carbons (Fsp3) is 0.800. The Balaban J connectivity index is 2.34. The molecule has 7 nitrogen and oxygen atoms in total. The lowest BCUT2D eigenvalue weighted by Gasteiger charge is -2.33. The third-order valence-electron chi connectivity index (χ3n) is 3.63. The van der Waals surface area contributed by atoms with E-state index in [0.717, 1.165) is 31.9 Å². The average Bonchev–Trinajstić information content (AvgIpc) is 2.50. The molecule has 1 rings (SSSR count). The summed E-state index contributed by atoms with van der Waals surface area (Å²) in [5.74, 6) is 0.659. The van der Waals surface area contributed by atoms with E-state index in [-0.39, 0.29) is 23.8 Å². The maximum absolute atomic E-state index is 11.6. The first-order valence-corrected chi connectivity index (χ1v) is 7.80. The fourth-order valence-electron chi connectivity index (χ4n) is 2.51. The fourth-order valence-corrected chi connectivity index (χ4v) is 2.51. The molecule has 0 aromatic heterocycles. The summed E-state index contributed by atoms with van der Waals surface area (Å²) in [5.41, 5.74) is 0. The van der Waals surface area contributed by atoms with Crippen molar-refractivity contribution in [2.45, 2.75) is 39.2 Å². The van der Waals surface area contributed by atoms with Crippen LogP contribution in [0.2, 0.25) is 0 Å². The second kappa shape index (κ2) is 9.27. The van der Waals surface area contributed by atoms with E-state index in [1.807, 2.05) is 13.8 Å². The molecule has 1 fully saturated rings. The minimum Gasteiger partial charge on any atom is -0.469 e. The first-order chi connectivity index (χ1) is 10.5. The molecular weight excluding hydrogens is 284 g/mol. The monoisotopic (exact) mass is 312 g/mol. The summed E-state index contributed by atoms with van der Waals surface area (Å²) in [6.45, 7) is 5.95. The minimum absolute atomic E-state index is 0.0174. The highest BCUT2D eigenvalue weighted by Gasteiger charge is 2.26. The second-order valence-electron chi connectivity index (χ2n) is 5.73. The summed E-state index contributed by atoms with van der Waals surface area (Å²) < 4.78 is 4.79. The van der Waals surface area contributed by atoms with Gasteiger partial charge in [-0.15, -0.1) is 0 Å². The molecule has 0 radical (unpaired) electrons. The van der Waals surface area contributed by atoms with Gasteiger partial charge < -0.3 is 20.3 Å². The number of nitrogens with one attached hydrogen (secondary N) is 2. The van der Waals surface area contributed by atoms with E-state index in [4.69, 9.17) is 4.74 Å². The van der Waals surface area contributed by atoms with E-state index in [9.17, 15) is 9.59 Å². The van der Waals surface area contributed by atoms with Gasteiger partial charge in [-0.2, -0.15) is 0 Å². The second-order valence-corrected chi connectivity index (χ2v) is 5.73. The van der Waals surface area contributed by atoms with E-state index in [1.54, 1.807) is 7.05 Å². The molecule has 1 amide bonds. The van der Waals surface area contributed by atoms with Gasteiger partial charge in [-0.05, 0) is 26.7 Å². The van der Waals surface area contributed by atoms with E-state index < -0.39 is 0 Å². The highest BCUT2D eigenvalue weighted by Crippen LogP contribution is 2.18. The van der Waals surface area contributed by atoms with E-state index in [1.165, 1.54) is 7.11 Å². The number of guanidine groups is 1. The van der Waals surface area contributed by atoms with Crippen LogP contribution in [0.4, 0.5) is 0 Å². The number of rotatable bonds is 5. The molecule has 2 N–H and O–H groups in total. The normalized spacial score (nSPS) is 16.6. The Hall–Kier alpha value is -1.79. The Morgan fingerprint density at radius 1 is 1.32 bits per heavy atom.